The number of amides is 1. The van der Waals surface area contributed by atoms with Crippen LogP contribution in [0.3, 0.4) is 0 Å². The molecule has 1 aromatic carbocycles. The second-order valence-corrected chi connectivity index (χ2v) is 6.69. The molecule has 1 atom stereocenters. The standard InChI is InChI=1S/C19H23FN2O3/c1-2-25-18(24)19(17(21)23)10-15(11-19)13-5-6-14(16(20)9-13)12-22-7-3-4-8-22/h5-6,9-10H,2-4,7-8,11-12H2,1H3,(H2,21,23). The van der Waals surface area contributed by atoms with E-state index in [2.05, 4.69) is 4.90 Å². The summed E-state index contributed by atoms with van der Waals surface area (Å²) >= 11 is 0. The quantitative estimate of drug-likeness (QED) is 0.633. The Bertz CT molecular complexity index is 725. The number of carbonyl (C=O) groups is 2. The summed E-state index contributed by atoms with van der Waals surface area (Å²) in [7, 11) is 0. The number of hydrogen-bond acceptors (Lipinski definition) is 4. The maximum atomic E-state index is 14.4. The average Bonchev–Trinajstić information content (AvgIpc) is 3.02. The van der Waals surface area contributed by atoms with Gasteiger partial charge in [0.1, 0.15) is 5.82 Å². The predicted octanol–water partition coefficient (Wildman–Crippen LogP) is 2.24. The summed E-state index contributed by atoms with van der Waals surface area (Å²) < 4.78 is 19.4. The van der Waals surface area contributed by atoms with Gasteiger partial charge in [0.05, 0.1) is 6.61 Å². The molecule has 2 aliphatic rings. The van der Waals surface area contributed by atoms with Gasteiger partial charge < -0.3 is 10.5 Å². The molecule has 1 saturated heterocycles. The molecule has 0 saturated carbocycles. The van der Waals surface area contributed by atoms with Gasteiger partial charge in [-0.1, -0.05) is 18.2 Å². The van der Waals surface area contributed by atoms with Gasteiger partial charge in [0, 0.05) is 18.5 Å². The molecule has 1 aromatic rings. The van der Waals surface area contributed by atoms with Gasteiger partial charge >= 0.3 is 5.97 Å². The van der Waals surface area contributed by atoms with Gasteiger partial charge in [-0.15, -0.1) is 0 Å². The average molecular weight is 346 g/mol. The van der Waals surface area contributed by atoms with Gasteiger partial charge in [-0.05, 0) is 50.1 Å². The van der Waals surface area contributed by atoms with Crippen LogP contribution in [0.4, 0.5) is 4.39 Å². The van der Waals surface area contributed by atoms with Crippen molar-refractivity contribution in [1.82, 2.24) is 4.90 Å². The molecular formula is C19H23FN2O3. The summed E-state index contributed by atoms with van der Waals surface area (Å²) in [6.07, 6.45) is 3.97. The first-order chi connectivity index (χ1) is 12.0. The smallest absolute Gasteiger partial charge is 0.325 e. The summed E-state index contributed by atoms with van der Waals surface area (Å²) in [6.45, 7) is 4.47. The van der Waals surface area contributed by atoms with Crippen molar-refractivity contribution in [2.45, 2.75) is 32.7 Å². The highest BCUT2D eigenvalue weighted by Crippen LogP contribution is 2.45. The number of nitrogens with two attached hydrogens (primary N) is 1. The number of esters is 1. The van der Waals surface area contributed by atoms with Crippen molar-refractivity contribution in [2.75, 3.05) is 19.7 Å². The summed E-state index contributed by atoms with van der Waals surface area (Å²) in [4.78, 5) is 26.0. The minimum Gasteiger partial charge on any atom is -0.465 e. The summed E-state index contributed by atoms with van der Waals surface area (Å²) in [5.41, 5.74) is 6.03. The number of primary amides is 1. The van der Waals surface area contributed by atoms with Gasteiger partial charge in [0.15, 0.2) is 5.41 Å². The van der Waals surface area contributed by atoms with Crippen LogP contribution in [0.2, 0.25) is 0 Å². The normalized spacial score (nSPS) is 23.0. The first kappa shape index (κ1) is 17.6. The zero-order valence-electron chi connectivity index (χ0n) is 14.4. The lowest BCUT2D eigenvalue weighted by Crippen LogP contribution is -2.47. The lowest BCUT2D eigenvalue weighted by Gasteiger charge is -2.34. The fourth-order valence-electron chi connectivity index (χ4n) is 3.46. The molecule has 134 valence electrons. The largest absolute Gasteiger partial charge is 0.465 e. The molecule has 6 heteroatoms. The Kier molecular flexibility index (Phi) is 4.90. The molecule has 0 bridgehead atoms. The summed E-state index contributed by atoms with van der Waals surface area (Å²) in [5.74, 6) is -1.64. The summed E-state index contributed by atoms with van der Waals surface area (Å²) in [6, 6.07) is 5.07. The zero-order valence-corrected chi connectivity index (χ0v) is 14.4. The van der Waals surface area contributed by atoms with Crippen LogP contribution in [0.1, 0.15) is 37.3 Å². The third-order valence-corrected chi connectivity index (χ3v) is 4.99. The van der Waals surface area contributed by atoms with Crippen molar-refractivity contribution < 1.29 is 18.7 Å². The maximum Gasteiger partial charge on any atom is 0.325 e. The Balaban J connectivity index is 1.77. The van der Waals surface area contributed by atoms with Crippen molar-refractivity contribution in [3.63, 3.8) is 0 Å². The molecule has 3 rings (SSSR count). The van der Waals surface area contributed by atoms with E-state index in [0.29, 0.717) is 17.7 Å². The number of likely N-dealkylation sites (tertiary alicyclic amines) is 1. The van der Waals surface area contributed by atoms with Crippen molar-refractivity contribution in [3.8, 4) is 0 Å². The second-order valence-electron chi connectivity index (χ2n) is 6.69. The third-order valence-electron chi connectivity index (χ3n) is 4.99. The van der Waals surface area contributed by atoms with Crippen LogP contribution >= 0.6 is 0 Å². The fraction of sp³-hybridized carbons (Fsp3) is 0.474. The highest BCUT2D eigenvalue weighted by Gasteiger charge is 2.50. The molecule has 1 aliphatic carbocycles. The molecule has 1 aliphatic heterocycles. The van der Waals surface area contributed by atoms with Gasteiger partial charge in [0.25, 0.3) is 0 Å². The molecule has 0 aromatic heterocycles. The van der Waals surface area contributed by atoms with E-state index in [9.17, 15) is 14.0 Å². The maximum absolute atomic E-state index is 14.4. The Morgan fingerprint density at radius 3 is 2.56 bits per heavy atom. The minimum atomic E-state index is -1.42. The number of halogens is 1. The lowest BCUT2D eigenvalue weighted by atomic mass is 9.68. The van der Waals surface area contributed by atoms with E-state index in [1.54, 1.807) is 13.0 Å². The van der Waals surface area contributed by atoms with Crippen molar-refractivity contribution in [2.24, 2.45) is 11.1 Å². The number of benzene rings is 1. The zero-order chi connectivity index (χ0) is 18.0. The van der Waals surface area contributed by atoms with Crippen LogP contribution in [-0.4, -0.2) is 36.5 Å². The third kappa shape index (κ3) is 3.31. The van der Waals surface area contributed by atoms with Gasteiger partial charge in [-0.25, -0.2) is 4.39 Å². The van der Waals surface area contributed by atoms with E-state index in [0.717, 1.165) is 31.5 Å². The molecule has 0 radical (unpaired) electrons. The highest BCUT2D eigenvalue weighted by atomic mass is 19.1. The minimum absolute atomic E-state index is 0.145. The van der Waals surface area contributed by atoms with Gasteiger partial charge in [0.2, 0.25) is 5.91 Å². The molecule has 1 unspecified atom stereocenters. The van der Waals surface area contributed by atoms with Crippen LogP contribution in [-0.2, 0) is 20.9 Å². The van der Waals surface area contributed by atoms with E-state index in [1.165, 1.54) is 12.1 Å². The molecular weight excluding hydrogens is 323 g/mol. The highest BCUT2D eigenvalue weighted by molar-refractivity contribution is 6.10. The van der Waals surface area contributed by atoms with E-state index in [-0.39, 0.29) is 18.8 Å². The second kappa shape index (κ2) is 6.96. The van der Waals surface area contributed by atoms with Crippen molar-refractivity contribution >= 4 is 17.4 Å². The number of nitrogens with zero attached hydrogens (tertiary/aromatic N) is 1. The first-order valence-corrected chi connectivity index (χ1v) is 8.66. The Labute approximate surface area is 146 Å². The Hall–Kier alpha value is -2.21. The van der Waals surface area contributed by atoms with E-state index in [1.807, 2.05) is 6.07 Å². The molecule has 25 heavy (non-hydrogen) atoms. The number of carbonyl (C=O) groups excluding carboxylic acids is 2. The molecule has 0 spiro atoms. The number of ether oxygens (including phenoxy) is 1. The van der Waals surface area contributed by atoms with Gasteiger partial charge in [-0.3, -0.25) is 14.5 Å². The Morgan fingerprint density at radius 2 is 2.00 bits per heavy atom. The molecule has 1 heterocycles. The van der Waals surface area contributed by atoms with E-state index >= 15 is 0 Å². The molecule has 5 nitrogen and oxygen atoms in total. The summed E-state index contributed by atoms with van der Waals surface area (Å²) in [5, 5.41) is 0. The molecule has 1 fully saturated rings. The predicted molar refractivity (Wildman–Crippen MR) is 91.8 cm³/mol. The number of hydrogen-bond donors (Lipinski definition) is 1. The molecule has 1 amide bonds. The van der Waals surface area contributed by atoms with E-state index in [4.69, 9.17) is 10.5 Å². The number of rotatable bonds is 6. The van der Waals surface area contributed by atoms with Crippen molar-refractivity contribution in [3.05, 3.63) is 41.2 Å². The monoisotopic (exact) mass is 346 g/mol. The van der Waals surface area contributed by atoms with Crippen LogP contribution in [0, 0.1) is 11.2 Å². The van der Waals surface area contributed by atoms with Crippen LogP contribution in [0.5, 0.6) is 0 Å². The van der Waals surface area contributed by atoms with Crippen LogP contribution < -0.4 is 5.73 Å². The Morgan fingerprint density at radius 1 is 1.32 bits per heavy atom. The first-order valence-electron chi connectivity index (χ1n) is 8.66. The lowest BCUT2D eigenvalue weighted by molar-refractivity contribution is -0.157. The fourth-order valence-corrected chi connectivity index (χ4v) is 3.46. The van der Waals surface area contributed by atoms with Crippen LogP contribution in [0.15, 0.2) is 24.3 Å². The SMILES string of the molecule is CCOC(=O)C1(C(N)=O)C=C(c2ccc(CN3CCCC3)c(F)c2)C1. The van der Waals surface area contributed by atoms with Crippen molar-refractivity contribution in [1.29, 1.82) is 0 Å². The topological polar surface area (TPSA) is 72.6 Å². The van der Waals surface area contributed by atoms with Gasteiger partial charge in [-0.2, -0.15) is 0 Å². The van der Waals surface area contributed by atoms with E-state index < -0.39 is 17.3 Å². The number of allylic oxidation sites excluding steroid dienone is 1. The molecule has 2 N–H and O–H groups in total. The van der Waals surface area contributed by atoms with Crippen LogP contribution in [0.25, 0.3) is 5.57 Å².